The van der Waals surface area contributed by atoms with Crippen LogP contribution in [0.4, 0.5) is 5.69 Å². The maximum Gasteiger partial charge on any atom is 0.307 e. The summed E-state index contributed by atoms with van der Waals surface area (Å²) < 4.78 is 0. The number of carboxylic acids is 1. The number of anilines is 1. The minimum Gasteiger partial charge on any atom is -0.481 e. The van der Waals surface area contributed by atoms with E-state index >= 15 is 0 Å². The van der Waals surface area contributed by atoms with Crippen molar-refractivity contribution in [3.05, 3.63) is 65.2 Å². The molecular weight excluding hydrogens is 332 g/mol. The average Bonchev–Trinajstić information content (AvgIpc) is 2.61. The molecule has 0 bridgehead atoms. The summed E-state index contributed by atoms with van der Waals surface area (Å²) in [5.74, 6) is -1.58. The maximum absolute atomic E-state index is 12.0. The van der Waals surface area contributed by atoms with Crippen LogP contribution in [0.2, 0.25) is 0 Å². The zero-order valence-electron chi connectivity index (χ0n) is 14.6. The van der Waals surface area contributed by atoms with Crippen molar-refractivity contribution >= 4 is 23.5 Å². The lowest BCUT2D eigenvalue weighted by Gasteiger charge is -2.10. The van der Waals surface area contributed by atoms with Crippen LogP contribution >= 0.6 is 0 Å². The smallest absolute Gasteiger partial charge is 0.307 e. The van der Waals surface area contributed by atoms with E-state index in [0.717, 1.165) is 11.1 Å². The summed E-state index contributed by atoms with van der Waals surface area (Å²) in [7, 11) is 0. The Bertz CT molecular complexity index is 785. The second-order valence-corrected chi connectivity index (χ2v) is 6.04. The summed E-state index contributed by atoms with van der Waals surface area (Å²) in [6.07, 6.45) is 0.723. The van der Waals surface area contributed by atoms with Crippen LogP contribution in [0.25, 0.3) is 0 Å². The third-order valence-electron chi connectivity index (χ3n) is 3.84. The molecule has 0 unspecified atom stereocenters. The van der Waals surface area contributed by atoms with Gasteiger partial charge in [-0.3, -0.25) is 14.4 Å². The summed E-state index contributed by atoms with van der Waals surface area (Å²) in [6, 6.07) is 14.6. The Labute approximate surface area is 152 Å². The molecule has 0 heterocycles. The highest BCUT2D eigenvalue weighted by atomic mass is 16.4. The van der Waals surface area contributed by atoms with Gasteiger partial charge in [0.25, 0.3) is 0 Å². The number of hydrogen-bond donors (Lipinski definition) is 3. The third-order valence-corrected chi connectivity index (χ3v) is 3.84. The van der Waals surface area contributed by atoms with Crippen molar-refractivity contribution in [3.63, 3.8) is 0 Å². The Balaban J connectivity index is 1.78. The highest BCUT2D eigenvalue weighted by Crippen LogP contribution is 2.15. The van der Waals surface area contributed by atoms with Crippen LogP contribution in [0.3, 0.4) is 0 Å². The van der Waals surface area contributed by atoms with Gasteiger partial charge in [0.15, 0.2) is 0 Å². The number of hydrogen-bond acceptors (Lipinski definition) is 3. The summed E-state index contributed by atoms with van der Waals surface area (Å²) >= 11 is 0. The van der Waals surface area contributed by atoms with Crippen molar-refractivity contribution in [2.45, 2.75) is 26.2 Å². The molecule has 0 radical (unpaired) electrons. The molecule has 136 valence electrons. The zero-order valence-corrected chi connectivity index (χ0v) is 14.6. The van der Waals surface area contributed by atoms with Gasteiger partial charge in [0.1, 0.15) is 0 Å². The molecule has 26 heavy (non-hydrogen) atoms. The molecular formula is C20H22N2O4. The quantitative estimate of drug-likeness (QED) is 0.678. The number of para-hydroxylation sites is 1. The highest BCUT2D eigenvalue weighted by molar-refractivity contribution is 5.95. The van der Waals surface area contributed by atoms with Gasteiger partial charge in [-0.1, -0.05) is 48.0 Å². The Hall–Kier alpha value is -3.15. The van der Waals surface area contributed by atoms with Crippen LogP contribution in [0.15, 0.2) is 48.5 Å². The number of carbonyl (C=O) groups is 3. The third kappa shape index (κ3) is 6.39. The minimum atomic E-state index is -0.976. The van der Waals surface area contributed by atoms with Crippen molar-refractivity contribution in [2.75, 3.05) is 11.9 Å². The van der Waals surface area contributed by atoms with E-state index < -0.39 is 11.9 Å². The lowest BCUT2D eigenvalue weighted by molar-refractivity contribution is -0.136. The topological polar surface area (TPSA) is 95.5 Å². The van der Waals surface area contributed by atoms with Crippen LogP contribution in [-0.4, -0.2) is 29.4 Å². The maximum atomic E-state index is 12.0. The summed E-state index contributed by atoms with van der Waals surface area (Å²) in [5.41, 5.74) is 3.18. The Morgan fingerprint density at radius 1 is 0.962 bits per heavy atom. The lowest BCUT2D eigenvalue weighted by Crippen LogP contribution is -2.33. The van der Waals surface area contributed by atoms with Crippen molar-refractivity contribution < 1.29 is 19.5 Å². The average molecular weight is 354 g/mol. The van der Waals surface area contributed by atoms with Gasteiger partial charge in [-0.05, 0) is 30.5 Å². The summed E-state index contributed by atoms with van der Waals surface area (Å²) in [4.78, 5) is 34.7. The number of nitrogens with one attached hydrogen (secondary N) is 2. The molecule has 0 spiro atoms. The molecule has 6 nitrogen and oxygen atoms in total. The summed E-state index contributed by atoms with van der Waals surface area (Å²) in [5, 5.41) is 14.1. The molecule has 0 aliphatic rings. The zero-order chi connectivity index (χ0) is 18.9. The molecule has 0 atom stereocenters. The van der Waals surface area contributed by atoms with Crippen molar-refractivity contribution in [2.24, 2.45) is 0 Å². The second kappa shape index (κ2) is 9.36. The van der Waals surface area contributed by atoms with Crippen LogP contribution in [-0.2, 0) is 27.2 Å². The van der Waals surface area contributed by atoms with Crippen molar-refractivity contribution in [1.29, 1.82) is 0 Å². The Morgan fingerprint density at radius 3 is 2.35 bits per heavy atom. The van der Waals surface area contributed by atoms with E-state index in [1.165, 1.54) is 0 Å². The molecule has 0 saturated carbocycles. The lowest BCUT2D eigenvalue weighted by atomic mass is 10.1. The first kappa shape index (κ1) is 19.2. The monoisotopic (exact) mass is 354 g/mol. The molecule has 2 aromatic carbocycles. The molecule has 0 saturated heterocycles. The molecule has 0 aliphatic carbocycles. The number of carboxylic acid groups (broad SMARTS) is 1. The SMILES string of the molecule is Cc1ccc(CCC(=O)NCC(=O)Nc2ccccc2CC(=O)O)cc1. The molecule has 0 aliphatic heterocycles. The van der Waals surface area contributed by atoms with Crippen molar-refractivity contribution in [3.8, 4) is 0 Å². The van der Waals surface area contributed by atoms with Gasteiger partial charge >= 0.3 is 5.97 Å². The molecule has 2 aromatic rings. The fraction of sp³-hybridized carbons (Fsp3) is 0.250. The fourth-order valence-electron chi connectivity index (χ4n) is 2.43. The first-order valence-corrected chi connectivity index (χ1v) is 8.36. The van der Waals surface area contributed by atoms with Gasteiger partial charge in [0, 0.05) is 12.1 Å². The van der Waals surface area contributed by atoms with Crippen LogP contribution in [0.1, 0.15) is 23.1 Å². The number of amides is 2. The van der Waals surface area contributed by atoms with E-state index in [0.29, 0.717) is 24.1 Å². The standard InChI is InChI=1S/C20H22N2O4/c1-14-6-8-15(9-7-14)10-11-18(23)21-13-19(24)22-17-5-3-2-4-16(17)12-20(25)26/h2-9H,10-13H2,1H3,(H,21,23)(H,22,24)(H,25,26). The van der Waals surface area contributed by atoms with E-state index in [4.69, 9.17) is 5.11 Å². The first-order chi connectivity index (χ1) is 12.4. The summed E-state index contributed by atoms with van der Waals surface area (Å²) in [6.45, 7) is 1.85. The number of aliphatic carboxylic acids is 1. The Kier molecular flexibility index (Phi) is 6.91. The van der Waals surface area contributed by atoms with Gasteiger partial charge in [-0.15, -0.1) is 0 Å². The Morgan fingerprint density at radius 2 is 1.65 bits per heavy atom. The van der Waals surface area contributed by atoms with Crippen LogP contribution in [0, 0.1) is 6.92 Å². The predicted molar refractivity (Wildman–Crippen MR) is 98.9 cm³/mol. The fourth-order valence-corrected chi connectivity index (χ4v) is 2.43. The minimum absolute atomic E-state index is 0.159. The number of carbonyl (C=O) groups excluding carboxylic acids is 2. The second-order valence-electron chi connectivity index (χ2n) is 6.04. The van der Waals surface area contributed by atoms with Crippen LogP contribution < -0.4 is 10.6 Å². The van der Waals surface area contributed by atoms with Gasteiger partial charge in [0.05, 0.1) is 13.0 Å². The van der Waals surface area contributed by atoms with E-state index in [-0.39, 0.29) is 18.9 Å². The van der Waals surface area contributed by atoms with E-state index in [2.05, 4.69) is 10.6 Å². The van der Waals surface area contributed by atoms with Crippen molar-refractivity contribution in [1.82, 2.24) is 5.32 Å². The van der Waals surface area contributed by atoms with Gasteiger partial charge in [0.2, 0.25) is 11.8 Å². The van der Waals surface area contributed by atoms with E-state index in [1.54, 1.807) is 24.3 Å². The number of benzene rings is 2. The van der Waals surface area contributed by atoms with Crippen LogP contribution in [0.5, 0.6) is 0 Å². The molecule has 6 heteroatoms. The number of aryl methyl sites for hydroxylation is 2. The van der Waals surface area contributed by atoms with E-state index in [1.807, 2.05) is 31.2 Å². The molecule has 2 rings (SSSR count). The number of rotatable bonds is 8. The van der Waals surface area contributed by atoms with Gasteiger partial charge in [-0.2, -0.15) is 0 Å². The van der Waals surface area contributed by atoms with E-state index in [9.17, 15) is 14.4 Å². The molecule has 2 amide bonds. The molecule has 3 N–H and O–H groups in total. The first-order valence-electron chi connectivity index (χ1n) is 8.36. The molecule has 0 aromatic heterocycles. The predicted octanol–water partition coefficient (Wildman–Crippen LogP) is 2.31. The largest absolute Gasteiger partial charge is 0.481 e. The van der Waals surface area contributed by atoms with Gasteiger partial charge in [-0.25, -0.2) is 0 Å². The normalized spacial score (nSPS) is 10.2. The molecule has 0 fully saturated rings. The highest BCUT2D eigenvalue weighted by Gasteiger charge is 2.10. The van der Waals surface area contributed by atoms with Gasteiger partial charge < -0.3 is 15.7 Å².